The van der Waals surface area contributed by atoms with Gasteiger partial charge in [0.05, 0.1) is 5.54 Å². The Kier molecular flexibility index (Phi) is 3.17. The van der Waals surface area contributed by atoms with E-state index in [-0.39, 0.29) is 5.54 Å². The smallest absolute Gasteiger partial charge is 0.154 e. The van der Waals surface area contributed by atoms with Crippen LogP contribution in [0, 0.1) is 0 Å². The van der Waals surface area contributed by atoms with Gasteiger partial charge in [0, 0.05) is 15.9 Å². The second-order valence-corrected chi connectivity index (χ2v) is 6.13. The van der Waals surface area contributed by atoms with Gasteiger partial charge in [-0.1, -0.05) is 27.7 Å². The quantitative estimate of drug-likeness (QED) is 0.784. The van der Waals surface area contributed by atoms with Crippen molar-refractivity contribution in [1.29, 1.82) is 0 Å². The number of nitrogen functional groups attached to an aromatic ring is 1. The van der Waals surface area contributed by atoms with Crippen molar-refractivity contribution in [2.24, 2.45) is 10.7 Å². The van der Waals surface area contributed by atoms with Gasteiger partial charge in [0.25, 0.3) is 0 Å². The van der Waals surface area contributed by atoms with Gasteiger partial charge in [-0.2, -0.15) is 0 Å². The van der Waals surface area contributed by atoms with Gasteiger partial charge in [0.15, 0.2) is 5.17 Å². The molecule has 1 atom stereocenters. The highest BCUT2D eigenvalue weighted by atomic mass is 79.9. The van der Waals surface area contributed by atoms with Gasteiger partial charge < -0.3 is 11.5 Å². The number of amidine groups is 1. The van der Waals surface area contributed by atoms with Crippen LogP contribution in [0.3, 0.4) is 0 Å². The molecule has 1 unspecified atom stereocenters. The molecule has 1 heterocycles. The largest absolute Gasteiger partial charge is 0.399 e. The normalized spacial score (nSPS) is 25.2. The first-order valence-electron chi connectivity index (χ1n) is 5.04. The van der Waals surface area contributed by atoms with Crippen LogP contribution >= 0.6 is 27.7 Å². The van der Waals surface area contributed by atoms with Crippen LogP contribution < -0.4 is 11.5 Å². The standard InChI is InChI=1S/C11H14BrN3S/c1-11(2-3-16-10(14)15-11)7-4-8(12)6-9(13)5-7/h4-6H,2-3,13H2,1H3,(H2,14,15). The van der Waals surface area contributed by atoms with Crippen molar-refractivity contribution in [3.05, 3.63) is 28.2 Å². The first-order valence-corrected chi connectivity index (χ1v) is 6.82. The van der Waals surface area contributed by atoms with E-state index in [0.717, 1.165) is 27.9 Å². The molecule has 0 aliphatic carbocycles. The molecular formula is C11H14BrN3S. The molecule has 0 fully saturated rings. The van der Waals surface area contributed by atoms with Crippen LogP contribution in [-0.4, -0.2) is 10.9 Å². The molecule has 4 N–H and O–H groups in total. The summed E-state index contributed by atoms with van der Waals surface area (Å²) < 4.78 is 0.982. The molecule has 0 radical (unpaired) electrons. The van der Waals surface area contributed by atoms with Crippen LogP contribution in [0.2, 0.25) is 0 Å². The minimum absolute atomic E-state index is 0.243. The molecule has 0 amide bonds. The zero-order valence-corrected chi connectivity index (χ0v) is 11.4. The van der Waals surface area contributed by atoms with Crippen LogP contribution in [0.5, 0.6) is 0 Å². The molecule has 1 aromatic rings. The summed E-state index contributed by atoms with van der Waals surface area (Å²) in [5.41, 5.74) is 13.3. The van der Waals surface area contributed by atoms with Crippen molar-refractivity contribution < 1.29 is 0 Å². The number of hydrogen-bond acceptors (Lipinski definition) is 4. The molecule has 0 spiro atoms. The van der Waals surface area contributed by atoms with Crippen molar-refractivity contribution in [2.75, 3.05) is 11.5 Å². The average Bonchev–Trinajstić information content (AvgIpc) is 2.15. The van der Waals surface area contributed by atoms with E-state index in [2.05, 4.69) is 33.9 Å². The third-order valence-corrected chi connectivity index (χ3v) is 3.99. The maximum absolute atomic E-state index is 5.84. The summed E-state index contributed by atoms with van der Waals surface area (Å²) in [6.07, 6.45) is 0.980. The third-order valence-electron chi connectivity index (χ3n) is 2.74. The highest BCUT2D eigenvalue weighted by Gasteiger charge is 2.29. The zero-order chi connectivity index (χ0) is 11.8. The Hall–Kier alpha value is -0.680. The van der Waals surface area contributed by atoms with Crippen LogP contribution in [-0.2, 0) is 5.54 Å². The zero-order valence-electron chi connectivity index (χ0n) is 9.03. The fraction of sp³-hybridized carbons (Fsp3) is 0.364. The molecule has 0 saturated heterocycles. The topological polar surface area (TPSA) is 64.4 Å². The van der Waals surface area contributed by atoms with E-state index in [1.54, 1.807) is 11.8 Å². The molecule has 0 saturated carbocycles. The summed E-state index contributed by atoms with van der Waals surface area (Å²) in [5.74, 6) is 0.998. The summed E-state index contributed by atoms with van der Waals surface area (Å²) in [5, 5.41) is 0.660. The van der Waals surface area contributed by atoms with Gasteiger partial charge in [0.1, 0.15) is 0 Å². The number of rotatable bonds is 1. The summed E-state index contributed by atoms with van der Waals surface area (Å²) >= 11 is 5.06. The summed E-state index contributed by atoms with van der Waals surface area (Å²) in [4.78, 5) is 4.55. The van der Waals surface area contributed by atoms with Crippen molar-refractivity contribution in [3.63, 3.8) is 0 Å². The van der Waals surface area contributed by atoms with E-state index in [4.69, 9.17) is 11.5 Å². The molecule has 3 nitrogen and oxygen atoms in total. The monoisotopic (exact) mass is 299 g/mol. The number of nitrogens with two attached hydrogens (primary N) is 2. The van der Waals surface area contributed by atoms with Gasteiger partial charge >= 0.3 is 0 Å². The molecule has 16 heavy (non-hydrogen) atoms. The van der Waals surface area contributed by atoms with Gasteiger partial charge in [0.2, 0.25) is 0 Å². The van der Waals surface area contributed by atoms with Crippen molar-refractivity contribution in [1.82, 2.24) is 0 Å². The van der Waals surface area contributed by atoms with E-state index < -0.39 is 0 Å². The molecular weight excluding hydrogens is 286 g/mol. The number of thioether (sulfide) groups is 1. The Labute approximate surface area is 108 Å². The number of hydrogen-bond donors (Lipinski definition) is 2. The Bertz CT molecular complexity index is 427. The van der Waals surface area contributed by atoms with Gasteiger partial charge in [-0.25, -0.2) is 0 Å². The molecule has 0 bridgehead atoms. The Morgan fingerprint density at radius 3 is 2.75 bits per heavy atom. The van der Waals surface area contributed by atoms with E-state index in [1.807, 2.05) is 12.1 Å². The van der Waals surface area contributed by atoms with E-state index in [1.165, 1.54) is 0 Å². The minimum Gasteiger partial charge on any atom is -0.399 e. The SMILES string of the molecule is CC1(c2cc(N)cc(Br)c2)CCSC(N)=N1. The lowest BCUT2D eigenvalue weighted by Gasteiger charge is -2.30. The van der Waals surface area contributed by atoms with Crippen LogP contribution in [0.4, 0.5) is 5.69 Å². The second kappa shape index (κ2) is 4.30. The summed E-state index contributed by atoms with van der Waals surface area (Å²) in [6, 6.07) is 5.91. The molecule has 2 rings (SSSR count). The number of anilines is 1. The number of benzene rings is 1. The molecule has 1 aromatic carbocycles. The second-order valence-electron chi connectivity index (χ2n) is 4.10. The minimum atomic E-state index is -0.243. The third kappa shape index (κ3) is 2.35. The fourth-order valence-corrected chi connectivity index (χ4v) is 3.30. The number of nitrogens with zero attached hydrogens (tertiary/aromatic N) is 1. The molecule has 1 aliphatic rings. The van der Waals surface area contributed by atoms with Gasteiger partial charge in [-0.3, -0.25) is 4.99 Å². The predicted octanol–water partition coefficient (Wildman–Crippen LogP) is 2.70. The summed E-state index contributed by atoms with van der Waals surface area (Å²) in [6.45, 7) is 2.10. The maximum atomic E-state index is 5.84. The molecule has 86 valence electrons. The first-order chi connectivity index (χ1) is 7.49. The Balaban J connectivity index is 2.46. The van der Waals surface area contributed by atoms with Crippen molar-refractivity contribution in [2.45, 2.75) is 18.9 Å². The lowest BCUT2D eigenvalue weighted by Crippen LogP contribution is -2.28. The summed E-state index contributed by atoms with van der Waals surface area (Å²) in [7, 11) is 0. The van der Waals surface area contributed by atoms with E-state index in [0.29, 0.717) is 5.17 Å². The fourth-order valence-electron chi connectivity index (χ4n) is 1.82. The van der Waals surface area contributed by atoms with Crippen molar-refractivity contribution in [3.8, 4) is 0 Å². The van der Waals surface area contributed by atoms with Crippen LogP contribution in [0.15, 0.2) is 27.7 Å². The lowest BCUT2D eigenvalue weighted by molar-refractivity contribution is 0.482. The van der Waals surface area contributed by atoms with Gasteiger partial charge in [-0.15, -0.1) is 0 Å². The molecule has 1 aliphatic heterocycles. The average molecular weight is 300 g/mol. The highest BCUT2D eigenvalue weighted by molar-refractivity contribution is 9.10. The van der Waals surface area contributed by atoms with E-state index in [9.17, 15) is 0 Å². The predicted molar refractivity (Wildman–Crippen MR) is 74.6 cm³/mol. The lowest BCUT2D eigenvalue weighted by atomic mass is 9.89. The maximum Gasteiger partial charge on any atom is 0.154 e. The first kappa shape index (κ1) is 11.8. The molecule has 5 heteroatoms. The van der Waals surface area contributed by atoms with E-state index >= 15 is 0 Å². The Morgan fingerprint density at radius 1 is 1.38 bits per heavy atom. The van der Waals surface area contributed by atoms with Crippen LogP contribution in [0.25, 0.3) is 0 Å². The van der Waals surface area contributed by atoms with Gasteiger partial charge in [-0.05, 0) is 37.1 Å². The van der Waals surface area contributed by atoms with Crippen molar-refractivity contribution >= 4 is 38.5 Å². The number of aliphatic imine (C=N–C) groups is 1. The number of halogens is 1. The molecule has 0 aromatic heterocycles. The highest BCUT2D eigenvalue weighted by Crippen LogP contribution is 2.36. The van der Waals surface area contributed by atoms with Crippen LogP contribution in [0.1, 0.15) is 18.9 Å². The Morgan fingerprint density at radius 2 is 2.12 bits per heavy atom.